The van der Waals surface area contributed by atoms with Crippen LogP contribution in [0.3, 0.4) is 0 Å². The number of hydrogen-bond acceptors (Lipinski definition) is 4. The van der Waals surface area contributed by atoms with Crippen molar-refractivity contribution in [3.63, 3.8) is 0 Å². The first-order chi connectivity index (χ1) is 7.60. The summed E-state index contributed by atoms with van der Waals surface area (Å²) in [7, 11) is -3.10. The van der Waals surface area contributed by atoms with Crippen LogP contribution >= 0.6 is 0 Å². The van der Waals surface area contributed by atoms with Crippen molar-refractivity contribution in [3.8, 4) is 0 Å². The Morgan fingerprint density at radius 2 is 1.88 bits per heavy atom. The standard InChI is InChI=1S/C11H17NO3S/c1-2-16(13,14)11-5-3-10(4-6-11)9-15-8-7-12/h3-6H,2,7-9,12H2,1H3. The predicted molar refractivity (Wildman–Crippen MR) is 62.9 cm³/mol. The van der Waals surface area contributed by atoms with Crippen LogP contribution in [0, 0.1) is 0 Å². The minimum atomic E-state index is -3.10. The monoisotopic (exact) mass is 243 g/mol. The lowest BCUT2D eigenvalue weighted by molar-refractivity contribution is 0.128. The summed E-state index contributed by atoms with van der Waals surface area (Å²) in [6.45, 7) is 3.09. The topological polar surface area (TPSA) is 69.4 Å². The van der Waals surface area contributed by atoms with Gasteiger partial charge in [0.2, 0.25) is 0 Å². The summed E-state index contributed by atoms with van der Waals surface area (Å²) in [4.78, 5) is 0.359. The van der Waals surface area contributed by atoms with Gasteiger partial charge in [-0.1, -0.05) is 19.1 Å². The summed E-state index contributed by atoms with van der Waals surface area (Å²) in [5, 5.41) is 0. The average molecular weight is 243 g/mol. The molecule has 2 N–H and O–H groups in total. The first kappa shape index (κ1) is 13.2. The largest absolute Gasteiger partial charge is 0.375 e. The zero-order valence-corrected chi connectivity index (χ0v) is 10.2. The highest BCUT2D eigenvalue weighted by atomic mass is 32.2. The van der Waals surface area contributed by atoms with Gasteiger partial charge in [0, 0.05) is 6.54 Å². The number of ether oxygens (including phenoxy) is 1. The number of rotatable bonds is 6. The van der Waals surface area contributed by atoms with Crippen LogP contribution < -0.4 is 5.73 Å². The molecular weight excluding hydrogens is 226 g/mol. The van der Waals surface area contributed by atoms with Gasteiger partial charge in [0.25, 0.3) is 0 Å². The molecule has 0 amide bonds. The highest BCUT2D eigenvalue weighted by Gasteiger charge is 2.10. The Morgan fingerprint density at radius 1 is 1.25 bits per heavy atom. The number of hydrogen-bond donors (Lipinski definition) is 1. The molecule has 0 bridgehead atoms. The fourth-order valence-electron chi connectivity index (χ4n) is 1.23. The molecular formula is C11H17NO3S. The van der Waals surface area contributed by atoms with E-state index in [0.29, 0.717) is 24.7 Å². The summed E-state index contributed by atoms with van der Waals surface area (Å²) in [6, 6.07) is 6.75. The molecule has 0 saturated carbocycles. The summed E-state index contributed by atoms with van der Waals surface area (Å²) in [6.07, 6.45) is 0. The maximum absolute atomic E-state index is 11.5. The Bertz CT molecular complexity index is 411. The third-order valence-electron chi connectivity index (χ3n) is 2.19. The van der Waals surface area contributed by atoms with Crippen LogP contribution in [0.5, 0.6) is 0 Å². The molecule has 1 aromatic carbocycles. The predicted octanol–water partition coefficient (Wildman–Crippen LogP) is 0.956. The van der Waals surface area contributed by atoms with Crippen molar-refractivity contribution < 1.29 is 13.2 Å². The highest BCUT2D eigenvalue weighted by molar-refractivity contribution is 7.91. The van der Waals surface area contributed by atoms with Crippen molar-refractivity contribution in [2.24, 2.45) is 5.73 Å². The molecule has 1 aromatic rings. The second kappa shape index (κ2) is 5.98. The first-order valence-corrected chi connectivity index (χ1v) is 6.85. The van der Waals surface area contributed by atoms with Crippen molar-refractivity contribution in [2.75, 3.05) is 18.9 Å². The molecule has 0 radical (unpaired) electrons. The molecule has 0 heterocycles. The van der Waals surface area contributed by atoms with Crippen molar-refractivity contribution in [3.05, 3.63) is 29.8 Å². The normalized spacial score (nSPS) is 11.6. The van der Waals surface area contributed by atoms with E-state index in [9.17, 15) is 8.42 Å². The van der Waals surface area contributed by atoms with Gasteiger partial charge in [0.1, 0.15) is 0 Å². The van der Waals surface area contributed by atoms with Crippen molar-refractivity contribution in [1.82, 2.24) is 0 Å². The van der Waals surface area contributed by atoms with Crippen LogP contribution in [0.4, 0.5) is 0 Å². The van der Waals surface area contributed by atoms with Gasteiger partial charge in [-0.2, -0.15) is 0 Å². The van der Waals surface area contributed by atoms with Crippen LogP contribution in [0.15, 0.2) is 29.2 Å². The molecule has 0 spiro atoms. The third kappa shape index (κ3) is 3.59. The molecule has 0 atom stereocenters. The first-order valence-electron chi connectivity index (χ1n) is 5.19. The second-order valence-corrected chi connectivity index (χ2v) is 5.67. The van der Waals surface area contributed by atoms with E-state index in [1.165, 1.54) is 0 Å². The van der Waals surface area contributed by atoms with Crippen molar-refractivity contribution in [1.29, 1.82) is 0 Å². The minimum Gasteiger partial charge on any atom is -0.375 e. The van der Waals surface area contributed by atoms with E-state index < -0.39 is 9.84 Å². The number of nitrogens with two attached hydrogens (primary N) is 1. The molecule has 0 unspecified atom stereocenters. The van der Waals surface area contributed by atoms with E-state index in [4.69, 9.17) is 10.5 Å². The summed E-state index contributed by atoms with van der Waals surface area (Å²) >= 11 is 0. The van der Waals surface area contributed by atoms with E-state index >= 15 is 0 Å². The molecule has 0 aliphatic carbocycles. The smallest absolute Gasteiger partial charge is 0.178 e. The van der Waals surface area contributed by atoms with Crippen molar-refractivity contribution in [2.45, 2.75) is 18.4 Å². The SMILES string of the molecule is CCS(=O)(=O)c1ccc(COCCN)cc1. The van der Waals surface area contributed by atoms with E-state index in [1.54, 1.807) is 31.2 Å². The van der Waals surface area contributed by atoms with Crippen LogP contribution in [-0.4, -0.2) is 27.3 Å². The van der Waals surface area contributed by atoms with E-state index in [1.807, 2.05) is 0 Å². The molecule has 0 aliphatic heterocycles. The van der Waals surface area contributed by atoms with Gasteiger partial charge >= 0.3 is 0 Å². The molecule has 0 aliphatic rings. The molecule has 0 saturated heterocycles. The summed E-state index contributed by atoms with van der Waals surface area (Å²) in [5.41, 5.74) is 6.24. The lowest BCUT2D eigenvalue weighted by atomic mass is 10.2. The van der Waals surface area contributed by atoms with Crippen LogP contribution in [0.25, 0.3) is 0 Å². The average Bonchev–Trinajstić information content (AvgIpc) is 2.30. The molecule has 4 nitrogen and oxygen atoms in total. The van der Waals surface area contributed by atoms with Gasteiger partial charge in [-0.3, -0.25) is 0 Å². The van der Waals surface area contributed by atoms with Gasteiger partial charge < -0.3 is 10.5 Å². The minimum absolute atomic E-state index is 0.121. The lowest BCUT2D eigenvalue weighted by Gasteiger charge is -2.04. The van der Waals surface area contributed by atoms with Gasteiger partial charge in [-0.05, 0) is 17.7 Å². The Labute approximate surface area is 96.3 Å². The Hall–Kier alpha value is -0.910. The molecule has 0 aromatic heterocycles. The quantitative estimate of drug-likeness (QED) is 0.755. The number of benzene rings is 1. The third-order valence-corrected chi connectivity index (χ3v) is 3.94. The maximum Gasteiger partial charge on any atom is 0.178 e. The van der Waals surface area contributed by atoms with E-state index in [2.05, 4.69) is 0 Å². The molecule has 90 valence electrons. The van der Waals surface area contributed by atoms with Crippen LogP contribution in [0.1, 0.15) is 12.5 Å². The molecule has 1 rings (SSSR count). The zero-order chi connectivity index (χ0) is 12.0. The number of sulfone groups is 1. The van der Waals surface area contributed by atoms with Crippen LogP contribution in [0.2, 0.25) is 0 Å². The molecule has 5 heteroatoms. The molecule has 0 fully saturated rings. The maximum atomic E-state index is 11.5. The van der Waals surface area contributed by atoms with Gasteiger partial charge in [-0.15, -0.1) is 0 Å². The molecule has 16 heavy (non-hydrogen) atoms. The highest BCUT2D eigenvalue weighted by Crippen LogP contribution is 2.12. The second-order valence-electron chi connectivity index (χ2n) is 3.39. The van der Waals surface area contributed by atoms with Gasteiger partial charge in [0.15, 0.2) is 9.84 Å². The zero-order valence-electron chi connectivity index (χ0n) is 9.35. The van der Waals surface area contributed by atoms with Crippen LogP contribution in [-0.2, 0) is 21.2 Å². The summed E-state index contributed by atoms with van der Waals surface area (Å²) in [5.74, 6) is 0.121. The summed E-state index contributed by atoms with van der Waals surface area (Å²) < 4.78 is 28.3. The Morgan fingerprint density at radius 3 is 2.38 bits per heavy atom. The van der Waals surface area contributed by atoms with E-state index in [-0.39, 0.29) is 5.75 Å². The van der Waals surface area contributed by atoms with Gasteiger partial charge in [-0.25, -0.2) is 8.42 Å². The Kier molecular flexibility index (Phi) is 4.92. The van der Waals surface area contributed by atoms with Gasteiger partial charge in [0.05, 0.1) is 23.9 Å². The van der Waals surface area contributed by atoms with E-state index in [0.717, 1.165) is 5.56 Å². The lowest BCUT2D eigenvalue weighted by Crippen LogP contribution is -2.08. The van der Waals surface area contributed by atoms with Crippen molar-refractivity contribution >= 4 is 9.84 Å². The fraction of sp³-hybridized carbons (Fsp3) is 0.455. The fourth-order valence-corrected chi connectivity index (χ4v) is 2.12. The Balaban J connectivity index is 2.68.